The number of sulfonamides is 1. The monoisotopic (exact) mass is 1060 g/mol. The number of aliphatic hydroxyl groups is 9. The van der Waals surface area contributed by atoms with Gasteiger partial charge in [-0.25, -0.2) is 17.9 Å². The molecule has 2 amide bonds. The lowest BCUT2D eigenvalue weighted by molar-refractivity contribution is -0.377. The van der Waals surface area contributed by atoms with Crippen LogP contribution >= 0.6 is 0 Å². The van der Waals surface area contributed by atoms with Crippen molar-refractivity contribution < 1.29 is 102 Å². The molecule has 3 fully saturated rings. The first-order valence-electron chi connectivity index (χ1n) is 23.9. The van der Waals surface area contributed by atoms with Crippen LogP contribution in [0.5, 0.6) is 0 Å². The van der Waals surface area contributed by atoms with Crippen LogP contribution in [-0.2, 0) is 52.9 Å². The number of fused-ring (bicyclic) bond motifs is 1. The maximum absolute atomic E-state index is 13.2. The number of unbranched alkanes of at least 4 members (excludes halogenated alkanes) is 2. The van der Waals surface area contributed by atoms with E-state index in [0.717, 1.165) is 18.0 Å². The molecule has 13 N–H and O–H groups in total. The molecule has 27 heteroatoms. The van der Waals surface area contributed by atoms with Crippen molar-refractivity contribution in [2.75, 3.05) is 58.5 Å². The Hall–Kier alpha value is -4.27. The highest BCUT2D eigenvalue weighted by molar-refractivity contribution is 7.89. The van der Waals surface area contributed by atoms with Crippen molar-refractivity contribution in [2.45, 2.75) is 155 Å². The first-order valence-corrected chi connectivity index (χ1v) is 25.4. The third kappa shape index (κ3) is 15.2. The van der Waals surface area contributed by atoms with Crippen molar-refractivity contribution >= 4 is 50.0 Å². The second-order valence-electron chi connectivity index (χ2n) is 18.5. The summed E-state index contributed by atoms with van der Waals surface area (Å²) in [6.07, 6.45) is -22.4. The zero-order valence-corrected chi connectivity index (χ0v) is 41.8. The molecule has 2 aromatic carbocycles. The molecule has 3 heterocycles. The van der Waals surface area contributed by atoms with Gasteiger partial charge in [-0.05, 0) is 38.3 Å². The summed E-state index contributed by atoms with van der Waals surface area (Å²) in [6, 6.07) is 9.34. The third-order valence-electron chi connectivity index (χ3n) is 12.7. The molecule has 0 radical (unpaired) electrons. The number of aliphatic hydroxyl groups excluding tert-OH is 9. The molecule has 5 rings (SSSR count). The summed E-state index contributed by atoms with van der Waals surface area (Å²) in [5.41, 5.74) is 1.10. The van der Waals surface area contributed by atoms with Crippen molar-refractivity contribution in [2.24, 2.45) is 5.16 Å². The van der Waals surface area contributed by atoms with Crippen LogP contribution in [0.15, 0.2) is 46.4 Å². The second kappa shape index (κ2) is 27.0. The van der Waals surface area contributed by atoms with Crippen LogP contribution in [0.4, 0.5) is 5.69 Å². The average Bonchev–Trinajstić information content (AvgIpc) is 3.34. The molecular formula is C46H71N5O21S. The molecular weight excluding hydrogens is 991 g/mol. The number of carboxylic acids is 1. The van der Waals surface area contributed by atoms with E-state index in [9.17, 15) is 73.9 Å². The van der Waals surface area contributed by atoms with Crippen LogP contribution in [0.2, 0.25) is 0 Å². The molecule has 0 saturated carbocycles. The molecule has 73 heavy (non-hydrogen) atoms. The van der Waals surface area contributed by atoms with E-state index in [0.29, 0.717) is 24.6 Å². The van der Waals surface area contributed by atoms with E-state index in [4.69, 9.17) is 28.5 Å². The number of carbonyl (C=O) groups is 3. The minimum Gasteiger partial charge on any atom is -0.477 e. The highest BCUT2D eigenvalue weighted by atomic mass is 32.2. The van der Waals surface area contributed by atoms with Gasteiger partial charge in [0.2, 0.25) is 15.9 Å². The largest absolute Gasteiger partial charge is 0.477 e. The number of rotatable bonds is 26. The molecule has 0 aliphatic carbocycles. The van der Waals surface area contributed by atoms with Crippen LogP contribution in [0.25, 0.3) is 10.8 Å². The lowest BCUT2D eigenvalue weighted by Crippen LogP contribution is -2.69. The van der Waals surface area contributed by atoms with Crippen molar-refractivity contribution in [1.82, 2.24) is 15.4 Å². The standard InChI is InChI=1S/C46H71N5O21S/c1-24(50-67-23-36(58)47-15-6-5-7-16-48-73(65,66)35-13-9-10-27-28(35)11-8-12-29(27)51(3)4)18-33-38(59)40(61)42(34(22-54)68-33)70-44-41(62)43(39(60)31(69-44)14-17-52)72-46(45(63)64)20-30(57)37(49-25(2)55)32(71-46)19-26(56)21-53/h8-13,26,30-34,37-44,48,52-54,56-57,59-62H,5-7,14-23H2,1-4H3,(H,47,58)(H,49,55)(H,63,64)/b50-24+/t26-,30-,31+,32-,33-,34+,37+,38-,39-,40+,41+,42+,43-,44-,46-/m0/s1. The van der Waals surface area contributed by atoms with Crippen molar-refractivity contribution in [1.29, 1.82) is 0 Å². The Balaban J connectivity index is 1.11. The highest BCUT2D eigenvalue weighted by Crippen LogP contribution is 2.39. The molecule has 0 unspecified atom stereocenters. The van der Waals surface area contributed by atoms with Gasteiger partial charge in [-0.1, -0.05) is 35.8 Å². The summed E-state index contributed by atoms with van der Waals surface area (Å²) in [4.78, 5) is 44.6. The Morgan fingerprint density at radius 1 is 0.863 bits per heavy atom. The predicted molar refractivity (Wildman–Crippen MR) is 255 cm³/mol. The maximum atomic E-state index is 13.2. The molecule has 2 aromatic rings. The van der Waals surface area contributed by atoms with Gasteiger partial charge in [0.05, 0.1) is 60.4 Å². The van der Waals surface area contributed by atoms with Gasteiger partial charge in [-0.3, -0.25) is 9.59 Å². The zero-order valence-electron chi connectivity index (χ0n) is 41.0. The molecule has 3 aliphatic rings. The van der Waals surface area contributed by atoms with Crippen LogP contribution in [0, 0.1) is 0 Å². The molecule has 0 bridgehead atoms. The quantitative estimate of drug-likeness (QED) is 0.0247. The first kappa shape index (κ1) is 59.6. The van der Waals surface area contributed by atoms with Gasteiger partial charge in [-0.2, -0.15) is 0 Å². The van der Waals surface area contributed by atoms with Gasteiger partial charge in [-0.15, -0.1) is 0 Å². The predicted octanol–water partition coefficient (Wildman–Crippen LogP) is -3.49. The Morgan fingerprint density at radius 3 is 2.22 bits per heavy atom. The summed E-state index contributed by atoms with van der Waals surface area (Å²) in [7, 11) is -0.0228. The number of benzene rings is 2. The Morgan fingerprint density at radius 2 is 1.56 bits per heavy atom. The fourth-order valence-corrected chi connectivity index (χ4v) is 10.3. The van der Waals surface area contributed by atoms with E-state index in [2.05, 4.69) is 20.5 Å². The summed E-state index contributed by atoms with van der Waals surface area (Å²) < 4.78 is 58.1. The van der Waals surface area contributed by atoms with E-state index in [1.54, 1.807) is 18.2 Å². The Bertz CT molecular complexity index is 2280. The minimum atomic E-state index is -3.79. The number of anilines is 1. The summed E-state index contributed by atoms with van der Waals surface area (Å²) in [6.45, 7) is 0.358. The summed E-state index contributed by atoms with van der Waals surface area (Å²) >= 11 is 0. The van der Waals surface area contributed by atoms with E-state index in [1.807, 2.05) is 37.2 Å². The van der Waals surface area contributed by atoms with E-state index in [1.165, 1.54) is 6.92 Å². The molecule has 15 atom stereocenters. The second-order valence-corrected chi connectivity index (χ2v) is 20.3. The number of nitrogens with zero attached hydrogens (tertiary/aromatic N) is 2. The smallest absolute Gasteiger partial charge is 0.364 e. The lowest BCUT2D eigenvalue weighted by atomic mass is 9.89. The summed E-state index contributed by atoms with van der Waals surface area (Å²) in [5, 5.41) is 117. The summed E-state index contributed by atoms with van der Waals surface area (Å²) in [5.74, 6) is -5.89. The number of amides is 2. The minimum absolute atomic E-state index is 0.185. The number of nitrogens with one attached hydrogen (secondary N) is 3. The lowest BCUT2D eigenvalue weighted by Gasteiger charge is -2.50. The van der Waals surface area contributed by atoms with Gasteiger partial charge in [0, 0.05) is 76.4 Å². The maximum Gasteiger partial charge on any atom is 0.364 e. The normalized spacial score (nSPS) is 31.4. The van der Waals surface area contributed by atoms with E-state index >= 15 is 0 Å². The number of carboxylic acid groups (broad SMARTS) is 1. The fourth-order valence-electron chi connectivity index (χ4n) is 9.04. The topological polar surface area (TPSA) is 395 Å². The SMILES string of the molecule is CC(=O)N[C@H]1[C@H](C[C@H](O)CO)O[C@@](O[C@H]2[C@@H](O)[C@@H](CCO)O[C@@H](O[C@H]3[C@H](O)[C@@H](O)[C@H](C/C(C)=N/OCC(=O)NCCCCCNS(=O)(=O)c4cccc5c(N(C)C)cccc45)O[C@@H]3CO)[C@@H]2O)(C(=O)O)C[C@@H]1O. The first-order chi connectivity index (χ1) is 34.6. The van der Waals surface area contributed by atoms with Crippen molar-refractivity contribution in [3.63, 3.8) is 0 Å². The number of aliphatic carboxylic acids is 1. The van der Waals surface area contributed by atoms with Crippen molar-refractivity contribution in [3.8, 4) is 0 Å². The zero-order chi connectivity index (χ0) is 53.8. The number of ether oxygens (including phenoxy) is 5. The molecule has 412 valence electrons. The molecule has 26 nitrogen and oxygen atoms in total. The fraction of sp³-hybridized carbons (Fsp3) is 0.696. The molecule has 3 aliphatic heterocycles. The third-order valence-corrected chi connectivity index (χ3v) is 14.2. The highest BCUT2D eigenvalue weighted by Gasteiger charge is 2.59. The Labute approximate surface area is 421 Å². The number of carbonyl (C=O) groups excluding carboxylic acids is 2. The number of hydrogen-bond donors (Lipinski definition) is 13. The van der Waals surface area contributed by atoms with Crippen LogP contribution in [0.3, 0.4) is 0 Å². The van der Waals surface area contributed by atoms with E-state index in [-0.39, 0.29) is 36.5 Å². The number of hydrogen-bond acceptors (Lipinski definition) is 22. The van der Waals surface area contributed by atoms with Gasteiger partial charge in [0.1, 0.15) is 42.7 Å². The average molecular weight is 1060 g/mol. The van der Waals surface area contributed by atoms with E-state index < -0.39 is 158 Å². The molecule has 0 spiro atoms. The molecule has 3 saturated heterocycles. The van der Waals surface area contributed by atoms with Gasteiger partial charge >= 0.3 is 5.97 Å². The Kier molecular flexibility index (Phi) is 22.0. The van der Waals surface area contributed by atoms with Gasteiger partial charge < -0.3 is 95.1 Å². The van der Waals surface area contributed by atoms with Crippen LogP contribution < -0.4 is 20.3 Å². The number of oxime groups is 1. The van der Waals surface area contributed by atoms with Gasteiger partial charge in [0.25, 0.3) is 11.7 Å². The van der Waals surface area contributed by atoms with Crippen LogP contribution in [-0.4, -0.2) is 228 Å². The van der Waals surface area contributed by atoms with Gasteiger partial charge in [0.15, 0.2) is 12.9 Å². The van der Waals surface area contributed by atoms with Crippen molar-refractivity contribution in [3.05, 3.63) is 36.4 Å². The van der Waals surface area contributed by atoms with Crippen LogP contribution in [0.1, 0.15) is 58.8 Å². The molecule has 0 aromatic heterocycles.